The highest BCUT2D eigenvalue weighted by molar-refractivity contribution is 5.47. The van der Waals surface area contributed by atoms with Crippen LogP contribution in [0.1, 0.15) is 19.5 Å². The van der Waals surface area contributed by atoms with Crippen molar-refractivity contribution in [1.29, 1.82) is 0 Å². The van der Waals surface area contributed by atoms with Crippen LogP contribution in [0.5, 0.6) is 0 Å². The zero-order chi connectivity index (χ0) is 12.4. The molecule has 0 amide bonds. The third kappa shape index (κ3) is 2.21. The molecule has 17 heavy (non-hydrogen) atoms. The fourth-order valence-corrected chi connectivity index (χ4v) is 1.86. The van der Waals surface area contributed by atoms with Crippen molar-refractivity contribution in [2.45, 2.75) is 26.8 Å². The van der Waals surface area contributed by atoms with E-state index in [-0.39, 0.29) is 12.6 Å². The molecule has 0 atom stereocenters. The first-order chi connectivity index (χ1) is 8.13. The van der Waals surface area contributed by atoms with Crippen LogP contribution in [0.25, 0.3) is 5.78 Å². The minimum absolute atomic E-state index is 0.107. The molecule has 0 fully saturated rings. The number of rotatable bonds is 4. The lowest BCUT2D eigenvalue weighted by Gasteiger charge is -2.28. The van der Waals surface area contributed by atoms with Crippen molar-refractivity contribution in [2.24, 2.45) is 0 Å². The lowest BCUT2D eigenvalue weighted by Crippen LogP contribution is -2.35. The first-order valence-electron chi connectivity index (χ1n) is 5.68. The van der Waals surface area contributed by atoms with E-state index in [2.05, 4.69) is 33.8 Å². The van der Waals surface area contributed by atoms with Gasteiger partial charge < -0.3 is 10.0 Å². The predicted octanol–water partition coefficient (Wildman–Crippen LogP) is 0.640. The molecule has 0 saturated carbocycles. The van der Waals surface area contributed by atoms with Crippen LogP contribution in [0.3, 0.4) is 0 Å². The van der Waals surface area contributed by atoms with Gasteiger partial charge in [0.25, 0.3) is 5.78 Å². The second kappa shape index (κ2) is 4.67. The normalized spacial score (nSPS) is 11.4. The molecule has 0 bridgehead atoms. The Kier molecular flexibility index (Phi) is 3.23. The predicted molar refractivity (Wildman–Crippen MR) is 65.1 cm³/mol. The van der Waals surface area contributed by atoms with E-state index < -0.39 is 0 Å². The minimum atomic E-state index is 0.107. The van der Waals surface area contributed by atoms with Gasteiger partial charge in [-0.25, -0.2) is 4.98 Å². The van der Waals surface area contributed by atoms with Gasteiger partial charge in [0.05, 0.1) is 6.61 Å². The second-order valence-corrected chi connectivity index (χ2v) is 4.24. The number of nitrogens with zero attached hydrogens (tertiary/aromatic N) is 5. The molecule has 92 valence electrons. The zero-order valence-corrected chi connectivity index (χ0v) is 10.3. The molecule has 0 saturated heterocycles. The smallest absolute Gasteiger partial charge is 0.254 e. The molecular formula is C11H17N5O. The molecule has 0 aromatic carbocycles. The van der Waals surface area contributed by atoms with Gasteiger partial charge in [-0.3, -0.25) is 0 Å². The van der Waals surface area contributed by atoms with Crippen molar-refractivity contribution in [1.82, 2.24) is 19.6 Å². The molecule has 2 aromatic heterocycles. The van der Waals surface area contributed by atoms with Gasteiger partial charge in [0.2, 0.25) is 0 Å². The monoisotopic (exact) mass is 235 g/mol. The van der Waals surface area contributed by atoms with E-state index in [1.165, 1.54) is 6.33 Å². The third-order valence-corrected chi connectivity index (χ3v) is 2.62. The van der Waals surface area contributed by atoms with Gasteiger partial charge in [0.15, 0.2) is 0 Å². The summed E-state index contributed by atoms with van der Waals surface area (Å²) in [5, 5.41) is 13.3. The topological polar surface area (TPSA) is 66.5 Å². The van der Waals surface area contributed by atoms with Crippen LogP contribution in [0, 0.1) is 6.92 Å². The minimum Gasteiger partial charge on any atom is -0.395 e. The van der Waals surface area contributed by atoms with Crippen LogP contribution in [-0.2, 0) is 0 Å². The van der Waals surface area contributed by atoms with E-state index in [1.807, 2.05) is 13.0 Å². The molecule has 6 heteroatoms. The SMILES string of the molecule is Cc1cc(N(CCO)C(C)C)n2ncnc2n1. The van der Waals surface area contributed by atoms with Crippen molar-refractivity contribution >= 4 is 11.6 Å². The van der Waals surface area contributed by atoms with Gasteiger partial charge in [-0.1, -0.05) is 0 Å². The highest BCUT2D eigenvalue weighted by Crippen LogP contribution is 2.17. The van der Waals surface area contributed by atoms with Crippen LogP contribution in [0.15, 0.2) is 12.4 Å². The molecule has 6 nitrogen and oxygen atoms in total. The van der Waals surface area contributed by atoms with Gasteiger partial charge in [0, 0.05) is 24.3 Å². The Hall–Kier alpha value is -1.69. The first kappa shape index (κ1) is 11.8. The Morgan fingerprint density at radius 1 is 1.47 bits per heavy atom. The summed E-state index contributed by atoms with van der Waals surface area (Å²) in [4.78, 5) is 10.5. The molecule has 1 N–H and O–H groups in total. The number of anilines is 1. The Labute approximate surface area is 99.9 Å². The number of fused-ring (bicyclic) bond motifs is 1. The van der Waals surface area contributed by atoms with Gasteiger partial charge in [-0.15, -0.1) is 0 Å². The van der Waals surface area contributed by atoms with Crippen molar-refractivity contribution in [2.75, 3.05) is 18.1 Å². The fraction of sp³-hybridized carbons (Fsp3) is 0.545. The van der Waals surface area contributed by atoms with Crippen LogP contribution in [0.2, 0.25) is 0 Å². The second-order valence-electron chi connectivity index (χ2n) is 4.24. The summed E-state index contributed by atoms with van der Waals surface area (Å²) < 4.78 is 1.70. The van der Waals surface area contributed by atoms with E-state index in [9.17, 15) is 0 Å². The Morgan fingerprint density at radius 2 is 2.24 bits per heavy atom. The number of aliphatic hydroxyl groups excluding tert-OH is 1. The van der Waals surface area contributed by atoms with Crippen LogP contribution in [0.4, 0.5) is 5.82 Å². The number of hydrogen-bond donors (Lipinski definition) is 1. The largest absolute Gasteiger partial charge is 0.395 e. The first-order valence-corrected chi connectivity index (χ1v) is 5.68. The van der Waals surface area contributed by atoms with Crippen molar-refractivity contribution < 1.29 is 5.11 Å². The number of aromatic nitrogens is 4. The number of aryl methyl sites for hydroxylation is 1. The molecule has 0 aliphatic rings. The molecule has 0 radical (unpaired) electrons. The van der Waals surface area contributed by atoms with E-state index in [4.69, 9.17) is 5.11 Å². The van der Waals surface area contributed by atoms with Gasteiger partial charge in [0.1, 0.15) is 12.1 Å². The van der Waals surface area contributed by atoms with Gasteiger partial charge >= 0.3 is 0 Å². The zero-order valence-electron chi connectivity index (χ0n) is 10.3. The van der Waals surface area contributed by atoms with Crippen molar-refractivity contribution in [3.05, 3.63) is 18.1 Å². The maximum absolute atomic E-state index is 9.14. The molecule has 2 rings (SSSR count). The van der Waals surface area contributed by atoms with E-state index in [1.54, 1.807) is 4.52 Å². The highest BCUT2D eigenvalue weighted by Gasteiger charge is 2.15. The standard InChI is InChI=1S/C11H17N5O/c1-8(2)15(4-5-17)10-6-9(3)14-11-12-7-13-16(10)11/h6-8,17H,4-5H2,1-3H3. The summed E-state index contributed by atoms with van der Waals surface area (Å²) in [5.74, 6) is 1.50. The molecule has 2 aromatic rings. The van der Waals surface area contributed by atoms with Gasteiger partial charge in [-0.05, 0) is 20.8 Å². The molecule has 0 aliphatic heterocycles. The summed E-state index contributed by atoms with van der Waals surface area (Å²) in [6, 6.07) is 2.23. The number of aliphatic hydroxyl groups is 1. The average Bonchev–Trinajstić information content (AvgIpc) is 2.72. The van der Waals surface area contributed by atoms with E-state index in [0.29, 0.717) is 12.3 Å². The summed E-state index contributed by atoms with van der Waals surface area (Å²) in [5.41, 5.74) is 0.893. The van der Waals surface area contributed by atoms with Crippen molar-refractivity contribution in [3.8, 4) is 0 Å². The fourth-order valence-electron chi connectivity index (χ4n) is 1.86. The molecular weight excluding hydrogens is 218 g/mol. The lowest BCUT2D eigenvalue weighted by atomic mass is 10.3. The summed E-state index contributed by atoms with van der Waals surface area (Å²) >= 11 is 0. The molecule has 2 heterocycles. The van der Waals surface area contributed by atoms with E-state index in [0.717, 1.165) is 11.5 Å². The molecule has 0 aliphatic carbocycles. The average molecular weight is 235 g/mol. The summed E-state index contributed by atoms with van der Waals surface area (Å²) in [7, 11) is 0. The number of hydrogen-bond acceptors (Lipinski definition) is 5. The summed E-state index contributed by atoms with van der Waals surface area (Å²) in [6.45, 7) is 6.75. The quantitative estimate of drug-likeness (QED) is 0.842. The Bertz CT molecular complexity index is 508. The third-order valence-electron chi connectivity index (χ3n) is 2.62. The highest BCUT2D eigenvalue weighted by atomic mass is 16.3. The Balaban J connectivity index is 2.54. The van der Waals surface area contributed by atoms with Gasteiger partial charge in [-0.2, -0.15) is 14.6 Å². The van der Waals surface area contributed by atoms with Crippen molar-refractivity contribution in [3.63, 3.8) is 0 Å². The van der Waals surface area contributed by atoms with E-state index >= 15 is 0 Å². The van der Waals surface area contributed by atoms with Crippen LogP contribution in [-0.4, -0.2) is 43.9 Å². The molecule has 0 unspecified atom stereocenters. The Morgan fingerprint density at radius 3 is 2.88 bits per heavy atom. The van der Waals surface area contributed by atoms with Crippen LogP contribution >= 0.6 is 0 Å². The van der Waals surface area contributed by atoms with Crippen LogP contribution < -0.4 is 4.90 Å². The lowest BCUT2D eigenvalue weighted by molar-refractivity contribution is 0.298. The summed E-state index contributed by atoms with van der Waals surface area (Å²) in [6.07, 6.45) is 1.49. The maximum Gasteiger partial charge on any atom is 0.254 e. The molecule has 0 spiro atoms. The maximum atomic E-state index is 9.14.